The Morgan fingerprint density at radius 3 is 2.54 bits per heavy atom. The third-order valence-corrected chi connectivity index (χ3v) is 6.36. The van der Waals surface area contributed by atoms with E-state index in [4.69, 9.17) is 15.2 Å². The molecule has 4 aromatic rings. The molecular weight excluding hydrogens is 473 g/mol. The van der Waals surface area contributed by atoms with Crippen LogP contribution in [0.15, 0.2) is 79.0 Å². The summed E-state index contributed by atoms with van der Waals surface area (Å²) in [6, 6.07) is 20.0. The van der Waals surface area contributed by atoms with E-state index in [1.54, 1.807) is 13.3 Å². The maximum absolute atomic E-state index is 13.3. The predicted octanol–water partition coefficient (Wildman–Crippen LogP) is 4.33. The van der Waals surface area contributed by atoms with E-state index in [0.29, 0.717) is 12.2 Å². The monoisotopic (exact) mass is 503 g/mol. The number of Topliss-reactive ketones (excluding diaryl/α,β-unsaturated/α-hetero) is 1. The molecule has 37 heavy (non-hydrogen) atoms. The summed E-state index contributed by atoms with van der Waals surface area (Å²) < 4.78 is 24.1. The standard InChI is InChI=1S/C29H30FN3O4/c1-36-27-9-5-2-6-19(27)10-15-28(35)33-17-24(26(34)18-37-21-13-11-20(30)12-14-21)29(31)23-16-32-25-8-4-3-7-22(23)25/h2-9,11-14,16,24,29,32H,10,15,17-18,31H2,1H3,(H,33,35). The number of carbonyl (C=O) groups is 2. The lowest BCUT2D eigenvalue weighted by Gasteiger charge is -2.23. The number of fused-ring (bicyclic) bond motifs is 1. The molecule has 0 radical (unpaired) electrons. The molecule has 0 spiro atoms. The van der Waals surface area contributed by atoms with Crippen LogP contribution in [0.1, 0.15) is 23.6 Å². The molecule has 0 aliphatic heterocycles. The Hall–Kier alpha value is -4.17. The van der Waals surface area contributed by atoms with Crippen LogP contribution in [0, 0.1) is 11.7 Å². The number of ether oxygens (including phenoxy) is 2. The van der Waals surface area contributed by atoms with E-state index in [1.807, 2.05) is 48.5 Å². The van der Waals surface area contributed by atoms with E-state index in [1.165, 1.54) is 24.3 Å². The van der Waals surface area contributed by atoms with Crippen molar-refractivity contribution in [2.75, 3.05) is 20.3 Å². The van der Waals surface area contributed by atoms with Gasteiger partial charge in [-0.25, -0.2) is 4.39 Å². The van der Waals surface area contributed by atoms with Gasteiger partial charge in [0.05, 0.1) is 13.0 Å². The van der Waals surface area contributed by atoms with Crippen LogP contribution in [-0.2, 0) is 16.0 Å². The van der Waals surface area contributed by atoms with Crippen LogP contribution in [0.3, 0.4) is 0 Å². The van der Waals surface area contributed by atoms with Gasteiger partial charge in [-0.15, -0.1) is 0 Å². The third kappa shape index (κ3) is 6.54. The van der Waals surface area contributed by atoms with Gasteiger partial charge in [0.25, 0.3) is 0 Å². The molecule has 0 fully saturated rings. The average Bonchev–Trinajstić information content (AvgIpc) is 3.36. The minimum Gasteiger partial charge on any atom is -0.496 e. The van der Waals surface area contributed by atoms with Crippen molar-refractivity contribution >= 4 is 22.6 Å². The zero-order chi connectivity index (χ0) is 26.2. The minimum atomic E-state index is -0.741. The van der Waals surface area contributed by atoms with Gasteiger partial charge in [0.1, 0.15) is 23.9 Å². The van der Waals surface area contributed by atoms with Gasteiger partial charge in [0.15, 0.2) is 5.78 Å². The number of nitrogens with one attached hydrogen (secondary N) is 2. The smallest absolute Gasteiger partial charge is 0.220 e. The molecule has 3 aromatic carbocycles. The number of hydrogen-bond acceptors (Lipinski definition) is 5. The number of aryl methyl sites for hydroxylation is 1. The molecule has 2 unspecified atom stereocenters. The van der Waals surface area contributed by atoms with Crippen LogP contribution in [0.2, 0.25) is 0 Å². The number of H-pyrrole nitrogens is 1. The summed E-state index contributed by atoms with van der Waals surface area (Å²) in [7, 11) is 1.59. The summed E-state index contributed by atoms with van der Waals surface area (Å²) in [4.78, 5) is 29.2. The first-order chi connectivity index (χ1) is 18.0. The van der Waals surface area contributed by atoms with Crippen LogP contribution < -0.4 is 20.5 Å². The fourth-order valence-corrected chi connectivity index (χ4v) is 4.29. The topological polar surface area (TPSA) is 106 Å². The van der Waals surface area contributed by atoms with E-state index >= 15 is 0 Å². The summed E-state index contributed by atoms with van der Waals surface area (Å²) in [6.45, 7) is -0.208. The van der Waals surface area contributed by atoms with Gasteiger partial charge in [-0.3, -0.25) is 9.59 Å². The Morgan fingerprint density at radius 1 is 1.03 bits per heavy atom. The van der Waals surface area contributed by atoms with Crippen LogP contribution in [0.5, 0.6) is 11.5 Å². The van der Waals surface area contributed by atoms with Crippen LogP contribution >= 0.6 is 0 Å². The predicted molar refractivity (Wildman–Crippen MR) is 140 cm³/mol. The van der Waals surface area contributed by atoms with Crippen molar-refractivity contribution in [1.82, 2.24) is 10.3 Å². The lowest BCUT2D eigenvalue weighted by atomic mass is 9.90. The maximum Gasteiger partial charge on any atom is 0.220 e. The van der Waals surface area contributed by atoms with E-state index in [-0.39, 0.29) is 31.3 Å². The molecular formula is C29H30FN3O4. The number of benzene rings is 3. The third-order valence-electron chi connectivity index (χ3n) is 6.36. The molecule has 8 heteroatoms. The minimum absolute atomic E-state index is 0.0526. The molecule has 0 aliphatic carbocycles. The van der Waals surface area contributed by atoms with Gasteiger partial charge in [0.2, 0.25) is 5.91 Å². The highest BCUT2D eigenvalue weighted by Gasteiger charge is 2.29. The summed E-state index contributed by atoms with van der Waals surface area (Å²) in [5.41, 5.74) is 9.22. The molecule has 0 saturated carbocycles. The van der Waals surface area contributed by atoms with Crippen molar-refractivity contribution < 1.29 is 23.5 Å². The van der Waals surface area contributed by atoms with E-state index in [2.05, 4.69) is 10.3 Å². The second-order valence-corrected chi connectivity index (χ2v) is 8.75. The molecule has 192 valence electrons. The number of ketones is 1. The van der Waals surface area contributed by atoms with Gasteiger partial charge >= 0.3 is 0 Å². The number of aromatic nitrogens is 1. The first-order valence-corrected chi connectivity index (χ1v) is 12.1. The zero-order valence-electron chi connectivity index (χ0n) is 20.6. The Balaban J connectivity index is 1.45. The van der Waals surface area contributed by atoms with Gasteiger partial charge in [0, 0.05) is 36.1 Å². The second-order valence-electron chi connectivity index (χ2n) is 8.75. The first-order valence-electron chi connectivity index (χ1n) is 12.1. The molecule has 0 bridgehead atoms. The van der Waals surface area contributed by atoms with Crippen molar-refractivity contribution in [2.24, 2.45) is 11.7 Å². The lowest BCUT2D eigenvalue weighted by Crippen LogP contribution is -2.40. The van der Waals surface area contributed by atoms with E-state index in [9.17, 15) is 14.0 Å². The number of halogens is 1. The first kappa shape index (κ1) is 25.9. The number of para-hydroxylation sites is 2. The van der Waals surface area contributed by atoms with Crippen molar-refractivity contribution in [3.8, 4) is 11.5 Å². The fourth-order valence-electron chi connectivity index (χ4n) is 4.29. The molecule has 4 N–H and O–H groups in total. The van der Waals surface area contributed by atoms with Crippen LogP contribution in [-0.4, -0.2) is 36.9 Å². The maximum atomic E-state index is 13.3. The van der Waals surface area contributed by atoms with Crippen molar-refractivity contribution in [2.45, 2.75) is 18.9 Å². The average molecular weight is 504 g/mol. The lowest BCUT2D eigenvalue weighted by molar-refractivity contribution is -0.126. The molecule has 7 nitrogen and oxygen atoms in total. The van der Waals surface area contributed by atoms with Crippen LogP contribution in [0.25, 0.3) is 10.9 Å². The van der Waals surface area contributed by atoms with Gasteiger partial charge in [-0.1, -0.05) is 36.4 Å². The fraction of sp³-hybridized carbons (Fsp3) is 0.241. The normalized spacial score (nSPS) is 12.6. The van der Waals surface area contributed by atoms with E-state index < -0.39 is 17.8 Å². The molecule has 1 amide bonds. The number of aromatic amines is 1. The zero-order valence-corrected chi connectivity index (χ0v) is 20.6. The Bertz CT molecular complexity index is 1350. The summed E-state index contributed by atoms with van der Waals surface area (Å²) in [6.07, 6.45) is 2.52. The number of nitrogens with two attached hydrogens (primary N) is 1. The molecule has 4 rings (SSSR count). The second kappa shape index (κ2) is 12.2. The van der Waals surface area contributed by atoms with Gasteiger partial charge in [-0.2, -0.15) is 0 Å². The van der Waals surface area contributed by atoms with Gasteiger partial charge in [-0.05, 0) is 53.9 Å². The van der Waals surface area contributed by atoms with Crippen molar-refractivity contribution in [1.29, 1.82) is 0 Å². The number of methoxy groups -OCH3 is 1. The van der Waals surface area contributed by atoms with Crippen molar-refractivity contribution in [3.63, 3.8) is 0 Å². The number of amides is 1. The summed E-state index contributed by atoms with van der Waals surface area (Å²) in [5, 5.41) is 3.78. The van der Waals surface area contributed by atoms with Crippen LogP contribution in [0.4, 0.5) is 4.39 Å². The molecule has 1 heterocycles. The highest BCUT2D eigenvalue weighted by atomic mass is 19.1. The molecule has 1 aromatic heterocycles. The van der Waals surface area contributed by atoms with Crippen molar-refractivity contribution in [3.05, 3.63) is 95.9 Å². The Morgan fingerprint density at radius 2 is 1.76 bits per heavy atom. The molecule has 2 atom stereocenters. The number of rotatable bonds is 12. The van der Waals surface area contributed by atoms with Gasteiger partial charge < -0.3 is 25.5 Å². The van der Waals surface area contributed by atoms with E-state index in [0.717, 1.165) is 27.8 Å². The molecule has 0 saturated heterocycles. The SMILES string of the molecule is COc1ccccc1CCC(=O)NCC(C(=O)COc1ccc(F)cc1)C(N)c1c[nH]c2ccccc12. The Kier molecular flexibility index (Phi) is 8.53. The molecule has 0 aliphatic rings. The summed E-state index contributed by atoms with van der Waals surface area (Å²) >= 11 is 0. The highest BCUT2D eigenvalue weighted by molar-refractivity contribution is 5.88. The highest BCUT2D eigenvalue weighted by Crippen LogP contribution is 2.28. The largest absolute Gasteiger partial charge is 0.496 e. The number of carbonyl (C=O) groups excluding carboxylic acids is 2. The Labute approximate surface area is 214 Å². The quantitative estimate of drug-likeness (QED) is 0.267. The number of hydrogen-bond donors (Lipinski definition) is 3. The summed E-state index contributed by atoms with van der Waals surface area (Å²) in [5.74, 6) is -0.511.